The Labute approximate surface area is 231 Å². The van der Waals surface area contributed by atoms with Gasteiger partial charge in [0.1, 0.15) is 17.1 Å². The smallest absolute Gasteiger partial charge is 0.254 e. The summed E-state index contributed by atoms with van der Waals surface area (Å²) in [6.07, 6.45) is 3.65. The number of likely N-dealkylation sites (N-methyl/N-ethyl adjacent to an activating group) is 1. The van der Waals surface area contributed by atoms with E-state index in [9.17, 15) is 24.9 Å². The molecule has 0 spiro atoms. The number of fused-ring (bicyclic) bond motifs is 3. The molecule has 3 aliphatic carbocycles. The molecule has 0 unspecified atom stereocenters. The highest BCUT2D eigenvalue weighted by Crippen LogP contribution is 2.52. The largest absolute Gasteiger partial charge is 0.510 e. The summed E-state index contributed by atoms with van der Waals surface area (Å²) in [5.41, 5.74) is 6.37. The maximum Gasteiger partial charge on any atom is 0.254 e. The number of rotatable bonds is 4. The zero-order valence-electron chi connectivity index (χ0n) is 22.4. The zero-order valence-corrected chi connectivity index (χ0v) is 22.4. The molecule has 0 saturated heterocycles. The highest BCUT2D eigenvalue weighted by atomic mass is 16.3. The number of ketones is 1. The van der Waals surface area contributed by atoms with Gasteiger partial charge in [-0.3, -0.25) is 14.5 Å². The fraction of sp³-hybridized carbons (Fsp3) is 0.290. The average Bonchev–Trinajstić information content (AvgIpc) is 2.89. The number of hydrogen-bond acceptors (Lipinski definition) is 8. The molecule has 3 aliphatic rings. The lowest BCUT2D eigenvalue weighted by molar-refractivity contribution is -0.138. The molecular weight excluding hydrogens is 508 g/mol. The van der Waals surface area contributed by atoms with Gasteiger partial charge in [0.15, 0.2) is 5.60 Å². The zero-order chi connectivity index (χ0) is 29.1. The number of nitrogens with two attached hydrogens (primary N) is 1. The molecule has 0 radical (unpaired) electrons. The number of Topliss-reactive ketones (excluding diaryl/α,β-unsaturated/α-hetero) is 1. The van der Waals surface area contributed by atoms with Crippen LogP contribution in [0, 0.1) is 35.5 Å². The van der Waals surface area contributed by atoms with Crippen LogP contribution in [-0.2, 0) is 16.0 Å². The minimum Gasteiger partial charge on any atom is -0.510 e. The molecule has 9 nitrogen and oxygen atoms in total. The Hall–Kier alpha value is -4.52. The van der Waals surface area contributed by atoms with Crippen molar-refractivity contribution >= 4 is 29.2 Å². The second-order valence-electron chi connectivity index (χ2n) is 10.9. The highest BCUT2D eigenvalue weighted by Gasteiger charge is 2.63. The van der Waals surface area contributed by atoms with Crippen molar-refractivity contribution in [2.45, 2.75) is 31.4 Å². The molecule has 9 heteroatoms. The van der Waals surface area contributed by atoms with Gasteiger partial charge >= 0.3 is 0 Å². The van der Waals surface area contributed by atoms with Crippen molar-refractivity contribution in [2.24, 2.45) is 17.6 Å². The van der Waals surface area contributed by atoms with E-state index in [0.29, 0.717) is 12.0 Å². The van der Waals surface area contributed by atoms with Crippen LogP contribution in [0.4, 0.5) is 0 Å². The van der Waals surface area contributed by atoms with Gasteiger partial charge in [-0.15, -0.1) is 0 Å². The Kier molecular flexibility index (Phi) is 6.49. The summed E-state index contributed by atoms with van der Waals surface area (Å²) in [4.78, 5) is 27.9. The fourth-order valence-corrected chi connectivity index (χ4v) is 6.71. The number of amides is 1. The number of aryl methyl sites for hydroxylation is 1. The maximum absolute atomic E-state index is 14.1. The number of carbonyl (C=O) groups is 2. The maximum atomic E-state index is 14.1. The SMILES string of the molecule is Cc1ccc(-c2cccc(/C=C/C#N)c2)c2c1C(O)=C1C(=O)[C@]3(O)C(=N)C(C(N)=O)=C(O)[C@@H](N(C)C)[C@@H]3C[C@@H]1C2. The van der Waals surface area contributed by atoms with Gasteiger partial charge in [-0.05, 0) is 79.7 Å². The first-order valence-corrected chi connectivity index (χ1v) is 12.9. The van der Waals surface area contributed by atoms with E-state index in [1.54, 1.807) is 25.1 Å². The first-order chi connectivity index (χ1) is 18.9. The van der Waals surface area contributed by atoms with Crippen LogP contribution >= 0.6 is 0 Å². The first-order valence-electron chi connectivity index (χ1n) is 12.9. The number of benzene rings is 2. The third kappa shape index (κ3) is 3.79. The Bertz CT molecular complexity index is 1630. The Morgan fingerprint density at radius 1 is 1.25 bits per heavy atom. The van der Waals surface area contributed by atoms with Crippen LogP contribution in [0.5, 0.6) is 0 Å². The lowest BCUT2D eigenvalue weighted by Crippen LogP contribution is -2.67. The van der Waals surface area contributed by atoms with Crippen LogP contribution in [0.25, 0.3) is 23.0 Å². The number of nitrogens with zero attached hydrogens (tertiary/aromatic N) is 2. The van der Waals surface area contributed by atoms with Crippen molar-refractivity contribution in [3.8, 4) is 17.2 Å². The summed E-state index contributed by atoms with van der Waals surface area (Å²) < 4.78 is 0. The number of carbonyl (C=O) groups excluding carboxylic acids is 2. The third-order valence-corrected chi connectivity index (χ3v) is 8.44. The van der Waals surface area contributed by atoms with Crippen LogP contribution in [-0.4, -0.2) is 63.4 Å². The molecule has 5 rings (SSSR count). The van der Waals surface area contributed by atoms with E-state index in [1.807, 2.05) is 49.4 Å². The molecular formula is C31H30N4O5. The quantitative estimate of drug-likeness (QED) is 0.372. The molecule has 6 N–H and O–H groups in total. The number of hydrogen-bond donors (Lipinski definition) is 5. The number of primary amides is 1. The first kappa shape index (κ1) is 27.1. The molecule has 2 aromatic rings. The summed E-state index contributed by atoms with van der Waals surface area (Å²) in [7, 11) is 3.29. The minimum absolute atomic E-state index is 0.0182. The van der Waals surface area contributed by atoms with Crippen LogP contribution in [0.3, 0.4) is 0 Å². The lowest BCUT2D eigenvalue weighted by atomic mass is 9.56. The topological polar surface area (TPSA) is 172 Å². The number of nitrogens with one attached hydrogen (secondary N) is 1. The predicted octanol–water partition coefficient (Wildman–Crippen LogP) is 3.22. The summed E-state index contributed by atoms with van der Waals surface area (Å²) >= 11 is 0. The minimum atomic E-state index is -2.45. The Morgan fingerprint density at radius 2 is 1.98 bits per heavy atom. The van der Waals surface area contributed by atoms with E-state index in [0.717, 1.165) is 27.8 Å². The van der Waals surface area contributed by atoms with E-state index in [4.69, 9.17) is 16.4 Å². The Morgan fingerprint density at radius 3 is 2.62 bits per heavy atom. The van der Waals surface area contributed by atoms with Gasteiger partial charge in [-0.1, -0.05) is 30.3 Å². The summed E-state index contributed by atoms with van der Waals surface area (Å²) in [5.74, 6) is -4.13. The summed E-state index contributed by atoms with van der Waals surface area (Å²) in [6, 6.07) is 12.5. The lowest BCUT2D eigenvalue weighted by Gasteiger charge is -2.51. The molecule has 204 valence electrons. The Balaban J connectivity index is 1.70. The van der Waals surface area contributed by atoms with Gasteiger partial charge in [-0.2, -0.15) is 5.26 Å². The van der Waals surface area contributed by atoms with Crippen LogP contribution < -0.4 is 5.73 Å². The van der Waals surface area contributed by atoms with Crippen LogP contribution in [0.1, 0.15) is 28.7 Å². The van der Waals surface area contributed by atoms with E-state index in [-0.39, 0.29) is 17.8 Å². The third-order valence-electron chi connectivity index (χ3n) is 8.44. The van der Waals surface area contributed by atoms with Crippen molar-refractivity contribution in [1.29, 1.82) is 10.7 Å². The van der Waals surface area contributed by atoms with Gasteiger partial charge in [-0.25, -0.2) is 0 Å². The van der Waals surface area contributed by atoms with E-state index >= 15 is 0 Å². The predicted molar refractivity (Wildman–Crippen MR) is 150 cm³/mol. The average molecular weight is 539 g/mol. The molecule has 2 aromatic carbocycles. The number of aliphatic hydroxyl groups excluding tert-OH is 2. The van der Waals surface area contributed by atoms with Crippen molar-refractivity contribution < 1.29 is 24.9 Å². The molecule has 1 fully saturated rings. The molecule has 0 heterocycles. The summed E-state index contributed by atoms with van der Waals surface area (Å²) in [5, 5.41) is 52.0. The van der Waals surface area contributed by atoms with Gasteiger partial charge < -0.3 is 26.5 Å². The van der Waals surface area contributed by atoms with E-state index in [1.165, 1.54) is 6.08 Å². The normalized spacial score (nSPS) is 26.1. The van der Waals surface area contributed by atoms with Crippen molar-refractivity contribution in [1.82, 2.24) is 4.90 Å². The van der Waals surface area contributed by atoms with Gasteiger partial charge in [0, 0.05) is 23.1 Å². The summed E-state index contributed by atoms with van der Waals surface area (Å²) in [6.45, 7) is 1.83. The van der Waals surface area contributed by atoms with Crippen LogP contribution in [0.2, 0.25) is 0 Å². The second kappa shape index (κ2) is 9.59. The van der Waals surface area contributed by atoms with Gasteiger partial charge in [0.25, 0.3) is 5.91 Å². The second-order valence-corrected chi connectivity index (χ2v) is 10.9. The molecule has 4 atom stereocenters. The molecule has 1 saturated carbocycles. The van der Waals surface area contributed by atoms with E-state index in [2.05, 4.69) is 0 Å². The van der Waals surface area contributed by atoms with Crippen molar-refractivity contribution in [3.05, 3.63) is 81.6 Å². The molecule has 1 amide bonds. The van der Waals surface area contributed by atoms with E-state index < -0.39 is 52.2 Å². The van der Waals surface area contributed by atoms with Crippen LogP contribution in [0.15, 0.2) is 59.4 Å². The number of allylic oxidation sites excluding steroid dienone is 1. The van der Waals surface area contributed by atoms with Gasteiger partial charge in [0.05, 0.1) is 17.8 Å². The van der Waals surface area contributed by atoms with Crippen molar-refractivity contribution in [2.75, 3.05) is 14.1 Å². The van der Waals surface area contributed by atoms with Crippen molar-refractivity contribution in [3.63, 3.8) is 0 Å². The molecule has 0 aliphatic heterocycles. The molecule has 0 aromatic heterocycles. The number of aliphatic hydroxyl groups is 3. The molecule has 0 bridgehead atoms. The molecule has 40 heavy (non-hydrogen) atoms. The monoisotopic (exact) mass is 538 g/mol. The number of nitriles is 1. The van der Waals surface area contributed by atoms with Gasteiger partial charge in [0.2, 0.25) is 5.78 Å². The standard InChI is InChI=1S/C31H30N4O5/c1-15-9-10-19(17-8-4-6-16(12-17)7-5-11-32)20-13-18-14-21-25(35(2)3)27(37)24(30(34)39)28(33)31(21,40)29(38)23(18)26(36)22(15)20/h4-10,12,18,21,25,33,36-37,40H,13-14H2,1-3H3,(H2,34,39)/b7-5+,33-28?/t18-,21-,25-,31+/m0/s1. The highest BCUT2D eigenvalue weighted by molar-refractivity contribution is 6.33. The fourth-order valence-electron chi connectivity index (χ4n) is 6.71.